The fourth-order valence-electron chi connectivity index (χ4n) is 2.25. The fraction of sp³-hybridized carbons (Fsp3) is 0.545. The van der Waals surface area contributed by atoms with Gasteiger partial charge < -0.3 is 15.7 Å². The molecule has 0 bridgehead atoms. The zero-order valence-electron chi connectivity index (χ0n) is 10.3. The van der Waals surface area contributed by atoms with Crippen molar-refractivity contribution < 1.29 is 14.7 Å². The van der Waals surface area contributed by atoms with E-state index in [1.807, 2.05) is 0 Å². The maximum atomic E-state index is 12.4. The second kappa shape index (κ2) is 4.24. The topological polar surface area (TPSA) is 96.5 Å². The first-order valence-corrected chi connectivity index (χ1v) is 6.46. The minimum Gasteiger partial charge on any atom is -0.480 e. The molecule has 0 radical (unpaired) electrons. The molecular weight excluding hydrogens is 254 g/mol. The van der Waals surface area contributed by atoms with E-state index in [0.29, 0.717) is 35.1 Å². The van der Waals surface area contributed by atoms with E-state index < -0.39 is 11.5 Å². The highest BCUT2D eigenvalue weighted by atomic mass is 32.1. The van der Waals surface area contributed by atoms with Crippen LogP contribution in [0.2, 0.25) is 0 Å². The molecule has 18 heavy (non-hydrogen) atoms. The lowest BCUT2D eigenvalue weighted by molar-refractivity contribution is -0.147. The molecule has 1 aromatic rings. The van der Waals surface area contributed by atoms with Gasteiger partial charge in [-0.15, -0.1) is 0 Å². The van der Waals surface area contributed by atoms with Gasteiger partial charge >= 0.3 is 5.97 Å². The van der Waals surface area contributed by atoms with Crippen LogP contribution in [-0.4, -0.2) is 39.0 Å². The molecule has 1 aliphatic rings. The molecule has 0 spiro atoms. The van der Waals surface area contributed by atoms with Crippen LogP contribution in [0.1, 0.15) is 35.1 Å². The maximum Gasteiger partial charge on any atom is 0.329 e. The summed E-state index contributed by atoms with van der Waals surface area (Å²) in [6, 6.07) is 0. The van der Waals surface area contributed by atoms with Crippen LogP contribution in [0.25, 0.3) is 0 Å². The monoisotopic (exact) mass is 269 g/mol. The van der Waals surface area contributed by atoms with Gasteiger partial charge in [0.2, 0.25) is 0 Å². The number of aliphatic carboxylic acids is 1. The van der Waals surface area contributed by atoms with Gasteiger partial charge in [-0.3, -0.25) is 4.79 Å². The molecule has 98 valence electrons. The second-order valence-electron chi connectivity index (χ2n) is 4.61. The molecule has 2 rings (SSSR count). The largest absolute Gasteiger partial charge is 0.480 e. The molecule has 1 amide bonds. The van der Waals surface area contributed by atoms with Crippen LogP contribution < -0.4 is 5.73 Å². The number of nitrogen functional groups attached to an aromatic ring is 1. The summed E-state index contributed by atoms with van der Waals surface area (Å²) in [7, 11) is 0. The van der Waals surface area contributed by atoms with Crippen molar-refractivity contribution >= 4 is 28.3 Å². The van der Waals surface area contributed by atoms with Crippen LogP contribution in [0.5, 0.6) is 0 Å². The molecule has 1 aliphatic heterocycles. The van der Waals surface area contributed by atoms with Crippen LogP contribution in [0.3, 0.4) is 0 Å². The molecule has 2 heterocycles. The normalized spacial score (nSPS) is 23.3. The number of thiazole rings is 1. The van der Waals surface area contributed by atoms with Gasteiger partial charge in [0.15, 0.2) is 5.13 Å². The first-order chi connectivity index (χ1) is 8.36. The Labute approximate surface area is 108 Å². The Morgan fingerprint density at radius 3 is 2.72 bits per heavy atom. The molecule has 1 saturated heterocycles. The Morgan fingerprint density at radius 1 is 1.56 bits per heavy atom. The van der Waals surface area contributed by atoms with Crippen molar-refractivity contribution in [2.45, 2.75) is 32.2 Å². The number of aromatic nitrogens is 1. The summed E-state index contributed by atoms with van der Waals surface area (Å²) in [4.78, 5) is 29.5. The van der Waals surface area contributed by atoms with E-state index in [4.69, 9.17) is 5.73 Å². The van der Waals surface area contributed by atoms with Crippen molar-refractivity contribution in [1.29, 1.82) is 0 Å². The van der Waals surface area contributed by atoms with Gasteiger partial charge in [0.05, 0.1) is 5.69 Å². The zero-order valence-corrected chi connectivity index (χ0v) is 11.1. The summed E-state index contributed by atoms with van der Waals surface area (Å²) in [5.74, 6) is -1.26. The molecule has 0 aromatic carbocycles. The average Bonchev–Trinajstić information content (AvgIpc) is 2.82. The maximum absolute atomic E-state index is 12.4. The van der Waals surface area contributed by atoms with Gasteiger partial charge in [-0.05, 0) is 26.7 Å². The molecule has 7 heteroatoms. The van der Waals surface area contributed by atoms with Gasteiger partial charge in [0.25, 0.3) is 5.91 Å². The summed E-state index contributed by atoms with van der Waals surface area (Å²) in [6.07, 6.45) is 1.17. The summed E-state index contributed by atoms with van der Waals surface area (Å²) in [5.41, 5.74) is 5.00. The highest BCUT2D eigenvalue weighted by Gasteiger charge is 2.46. The molecule has 0 aliphatic carbocycles. The van der Waals surface area contributed by atoms with Crippen LogP contribution in [0, 0.1) is 6.92 Å². The summed E-state index contributed by atoms with van der Waals surface area (Å²) < 4.78 is 0. The first-order valence-electron chi connectivity index (χ1n) is 5.64. The molecule has 3 N–H and O–H groups in total. The van der Waals surface area contributed by atoms with Crippen LogP contribution in [0.4, 0.5) is 5.13 Å². The van der Waals surface area contributed by atoms with Gasteiger partial charge in [-0.2, -0.15) is 0 Å². The summed E-state index contributed by atoms with van der Waals surface area (Å²) in [5, 5.41) is 9.61. The third-order valence-electron chi connectivity index (χ3n) is 3.35. The number of likely N-dealkylation sites (tertiary alicyclic amines) is 1. The number of carboxylic acid groups (broad SMARTS) is 1. The standard InChI is InChI=1S/C11H15N3O3S/c1-6-7(18-10(12)13-6)8(15)14-5-3-4-11(14,2)9(16)17/h3-5H2,1-2H3,(H2,12,13)(H,16,17). The minimum atomic E-state index is -1.12. The van der Waals surface area contributed by atoms with E-state index in [9.17, 15) is 14.7 Å². The van der Waals surface area contributed by atoms with Crippen LogP contribution in [0.15, 0.2) is 0 Å². The number of carbonyl (C=O) groups excluding carboxylic acids is 1. The van der Waals surface area contributed by atoms with Crippen molar-refractivity contribution in [3.63, 3.8) is 0 Å². The Kier molecular flexibility index (Phi) is 3.02. The third-order valence-corrected chi connectivity index (χ3v) is 4.33. The molecule has 1 unspecified atom stereocenters. The number of rotatable bonds is 2. The quantitative estimate of drug-likeness (QED) is 0.838. The average molecular weight is 269 g/mol. The molecular formula is C11H15N3O3S. The number of anilines is 1. The van der Waals surface area contributed by atoms with E-state index in [1.54, 1.807) is 13.8 Å². The van der Waals surface area contributed by atoms with E-state index in [0.717, 1.165) is 11.3 Å². The van der Waals surface area contributed by atoms with E-state index in [2.05, 4.69) is 4.98 Å². The lowest BCUT2D eigenvalue weighted by Gasteiger charge is -2.30. The van der Waals surface area contributed by atoms with Crippen molar-refractivity contribution in [1.82, 2.24) is 9.88 Å². The molecule has 1 aromatic heterocycles. The molecule has 1 atom stereocenters. The number of carboxylic acids is 1. The number of amides is 1. The number of carbonyl (C=O) groups is 2. The summed E-state index contributed by atoms with van der Waals surface area (Å²) in [6.45, 7) is 3.74. The molecule has 6 nitrogen and oxygen atoms in total. The highest BCUT2D eigenvalue weighted by Crippen LogP contribution is 2.32. The van der Waals surface area contributed by atoms with Crippen molar-refractivity contribution in [2.24, 2.45) is 0 Å². The van der Waals surface area contributed by atoms with E-state index in [-0.39, 0.29) is 5.91 Å². The van der Waals surface area contributed by atoms with E-state index in [1.165, 1.54) is 4.90 Å². The molecule has 0 saturated carbocycles. The van der Waals surface area contributed by atoms with Crippen molar-refractivity contribution in [3.05, 3.63) is 10.6 Å². The lowest BCUT2D eigenvalue weighted by Crippen LogP contribution is -2.50. The number of nitrogens with zero attached hydrogens (tertiary/aromatic N) is 2. The Bertz CT molecular complexity index is 514. The zero-order chi connectivity index (χ0) is 13.5. The number of hydrogen-bond donors (Lipinski definition) is 2. The predicted molar refractivity (Wildman–Crippen MR) is 67.6 cm³/mol. The Balaban J connectivity index is 2.34. The number of nitrogens with two attached hydrogens (primary N) is 1. The number of aryl methyl sites for hydroxylation is 1. The number of hydrogen-bond acceptors (Lipinski definition) is 5. The SMILES string of the molecule is Cc1nc(N)sc1C(=O)N1CCCC1(C)C(=O)O. The van der Waals surface area contributed by atoms with Gasteiger partial charge in [-0.1, -0.05) is 11.3 Å². The van der Waals surface area contributed by atoms with Crippen molar-refractivity contribution in [3.8, 4) is 0 Å². The van der Waals surface area contributed by atoms with Gasteiger partial charge in [0, 0.05) is 6.54 Å². The first kappa shape index (κ1) is 12.8. The van der Waals surface area contributed by atoms with Gasteiger partial charge in [0.1, 0.15) is 10.4 Å². The second-order valence-corrected chi connectivity index (χ2v) is 5.64. The highest BCUT2D eigenvalue weighted by molar-refractivity contribution is 7.17. The smallest absolute Gasteiger partial charge is 0.329 e. The summed E-state index contributed by atoms with van der Waals surface area (Å²) >= 11 is 1.10. The predicted octanol–water partition coefficient (Wildman–Crippen LogP) is 1.11. The third kappa shape index (κ3) is 1.84. The Morgan fingerprint density at radius 2 is 2.22 bits per heavy atom. The van der Waals surface area contributed by atoms with Crippen LogP contribution >= 0.6 is 11.3 Å². The lowest BCUT2D eigenvalue weighted by atomic mass is 9.99. The fourth-order valence-corrected chi connectivity index (χ4v) is 3.03. The van der Waals surface area contributed by atoms with E-state index >= 15 is 0 Å². The Hall–Kier alpha value is -1.63. The van der Waals surface area contributed by atoms with Crippen molar-refractivity contribution in [2.75, 3.05) is 12.3 Å². The minimum absolute atomic E-state index is 0.288. The molecule has 1 fully saturated rings. The van der Waals surface area contributed by atoms with Crippen LogP contribution in [-0.2, 0) is 4.79 Å². The van der Waals surface area contributed by atoms with Gasteiger partial charge in [-0.25, -0.2) is 9.78 Å².